The number of esters is 2. The number of urea groups is 1. The zero-order valence-corrected chi connectivity index (χ0v) is 18.5. The maximum atomic E-state index is 12.7. The summed E-state index contributed by atoms with van der Waals surface area (Å²) in [7, 11) is 1.30. The number of carbonyl (C=O) groups is 3. The molecule has 2 amide bonds. The molecule has 2 aromatic rings. The first-order chi connectivity index (χ1) is 14.9. The minimum Gasteiger partial charge on any atom is -0.486 e. The Labute approximate surface area is 187 Å². The van der Waals surface area contributed by atoms with Crippen LogP contribution in [0.5, 0.6) is 5.75 Å². The smallest absolute Gasteiger partial charge is 0.338 e. The van der Waals surface area contributed by atoms with Gasteiger partial charge in [0.15, 0.2) is 0 Å². The Bertz CT molecular complexity index is 1020. The van der Waals surface area contributed by atoms with Crippen LogP contribution in [-0.4, -0.2) is 38.3 Å². The average molecular weight is 489 g/mol. The number of carbonyl (C=O) groups excluding carboxylic acids is 3. The molecule has 2 aromatic carbocycles. The molecule has 0 aromatic heterocycles. The van der Waals surface area contributed by atoms with E-state index in [9.17, 15) is 14.4 Å². The molecule has 9 heteroatoms. The van der Waals surface area contributed by atoms with Gasteiger partial charge in [0.25, 0.3) is 0 Å². The topological polar surface area (TPSA) is 103 Å². The first-order valence-electron chi connectivity index (χ1n) is 9.47. The van der Waals surface area contributed by atoms with Crippen LogP contribution in [0.2, 0.25) is 0 Å². The number of ether oxygens (including phenoxy) is 3. The highest BCUT2D eigenvalue weighted by atomic mass is 79.9. The van der Waals surface area contributed by atoms with Crippen molar-refractivity contribution >= 4 is 33.9 Å². The molecule has 1 aliphatic heterocycles. The molecule has 0 aliphatic carbocycles. The van der Waals surface area contributed by atoms with Crippen molar-refractivity contribution in [1.29, 1.82) is 0 Å². The monoisotopic (exact) mass is 488 g/mol. The largest absolute Gasteiger partial charge is 0.486 e. The van der Waals surface area contributed by atoms with Crippen LogP contribution in [0.4, 0.5) is 4.79 Å². The summed E-state index contributed by atoms with van der Waals surface area (Å²) in [5, 5.41) is 5.41. The molecule has 0 saturated heterocycles. The Morgan fingerprint density at radius 3 is 2.48 bits per heavy atom. The van der Waals surface area contributed by atoms with Crippen LogP contribution in [0.25, 0.3) is 0 Å². The van der Waals surface area contributed by atoms with E-state index in [0.717, 1.165) is 5.56 Å². The van der Waals surface area contributed by atoms with Gasteiger partial charge >= 0.3 is 18.0 Å². The van der Waals surface area contributed by atoms with Crippen LogP contribution in [0.15, 0.2) is 64.3 Å². The fraction of sp³-hybridized carbons (Fsp3) is 0.227. The van der Waals surface area contributed by atoms with Gasteiger partial charge in [-0.3, -0.25) is 0 Å². The van der Waals surface area contributed by atoms with Crippen LogP contribution < -0.4 is 15.4 Å². The lowest BCUT2D eigenvalue weighted by Gasteiger charge is -2.29. The summed E-state index contributed by atoms with van der Waals surface area (Å²) in [5.74, 6) is -0.606. The van der Waals surface area contributed by atoms with E-state index in [4.69, 9.17) is 14.2 Å². The number of hydrogen-bond donors (Lipinski definition) is 2. The van der Waals surface area contributed by atoms with E-state index in [1.54, 1.807) is 25.1 Å². The summed E-state index contributed by atoms with van der Waals surface area (Å²) >= 11 is 3.36. The molecule has 1 aliphatic rings. The molecule has 0 bridgehead atoms. The molecule has 1 atom stereocenters. The number of nitrogens with one attached hydrogen (secondary N) is 2. The minimum atomic E-state index is -0.683. The van der Waals surface area contributed by atoms with E-state index >= 15 is 0 Å². The van der Waals surface area contributed by atoms with Crippen LogP contribution >= 0.6 is 15.9 Å². The Balaban J connectivity index is 1.92. The quantitative estimate of drug-likeness (QED) is 0.578. The molecule has 1 unspecified atom stereocenters. The number of benzene rings is 2. The van der Waals surface area contributed by atoms with Gasteiger partial charge in [-0.25, -0.2) is 14.4 Å². The second kappa shape index (κ2) is 10.1. The third kappa shape index (κ3) is 5.24. The van der Waals surface area contributed by atoms with Gasteiger partial charge in [-0.2, -0.15) is 0 Å². The van der Waals surface area contributed by atoms with Crippen LogP contribution in [-0.2, 0) is 14.3 Å². The van der Waals surface area contributed by atoms with Gasteiger partial charge in [-0.15, -0.1) is 0 Å². The van der Waals surface area contributed by atoms with Crippen LogP contribution in [0.1, 0.15) is 28.9 Å². The second-order valence-electron chi connectivity index (χ2n) is 6.48. The number of methoxy groups -OCH3 is 1. The first kappa shape index (κ1) is 22.4. The Kier molecular flexibility index (Phi) is 7.30. The molecule has 162 valence electrons. The standard InChI is InChI=1S/C22H21BrN2O6/c1-3-30-21(27)18-16(24-22(28)25-19(18)13-7-5-4-6-8-13)12-31-17-10-9-14(11-15(17)23)20(26)29-2/h4-11,19H,3,12H2,1-2H3,(H2,24,25,28). The normalized spacial score (nSPS) is 15.6. The summed E-state index contributed by atoms with van der Waals surface area (Å²) in [6, 6.07) is 12.7. The SMILES string of the molecule is CCOC(=O)C1=C(COc2ccc(C(=O)OC)cc2Br)NC(=O)NC1c1ccccc1. The predicted molar refractivity (Wildman–Crippen MR) is 115 cm³/mol. The van der Waals surface area contributed by atoms with Gasteiger partial charge in [0, 0.05) is 0 Å². The maximum Gasteiger partial charge on any atom is 0.338 e. The fourth-order valence-electron chi connectivity index (χ4n) is 3.09. The van der Waals surface area contributed by atoms with Crippen molar-refractivity contribution in [2.24, 2.45) is 0 Å². The van der Waals surface area contributed by atoms with E-state index in [-0.39, 0.29) is 18.8 Å². The van der Waals surface area contributed by atoms with Gasteiger partial charge in [0.2, 0.25) is 0 Å². The number of hydrogen-bond acceptors (Lipinski definition) is 6. The highest BCUT2D eigenvalue weighted by Gasteiger charge is 2.34. The molecule has 0 spiro atoms. The highest BCUT2D eigenvalue weighted by Crippen LogP contribution is 2.30. The molecular formula is C22H21BrN2O6. The maximum absolute atomic E-state index is 12.7. The van der Waals surface area contributed by atoms with Gasteiger partial charge in [-0.1, -0.05) is 30.3 Å². The molecule has 2 N–H and O–H groups in total. The van der Waals surface area contributed by atoms with E-state index in [0.29, 0.717) is 21.5 Å². The van der Waals surface area contributed by atoms with Crippen molar-refractivity contribution in [2.45, 2.75) is 13.0 Å². The van der Waals surface area contributed by atoms with Crippen molar-refractivity contribution in [3.63, 3.8) is 0 Å². The zero-order chi connectivity index (χ0) is 22.4. The Morgan fingerprint density at radius 2 is 1.84 bits per heavy atom. The van der Waals surface area contributed by atoms with E-state index in [1.165, 1.54) is 7.11 Å². The first-order valence-corrected chi connectivity index (χ1v) is 10.3. The fourth-order valence-corrected chi connectivity index (χ4v) is 3.58. The van der Waals surface area contributed by atoms with Gasteiger partial charge in [0.1, 0.15) is 12.4 Å². The van der Waals surface area contributed by atoms with Gasteiger partial charge in [-0.05, 0) is 46.6 Å². The molecule has 8 nitrogen and oxygen atoms in total. The molecule has 3 rings (SSSR count). The van der Waals surface area contributed by atoms with Gasteiger partial charge in [0.05, 0.1) is 41.1 Å². The lowest BCUT2D eigenvalue weighted by molar-refractivity contribution is -0.139. The lowest BCUT2D eigenvalue weighted by Crippen LogP contribution is -2.47. The van der Waals surface area contributed by atoms with Crippen molar-refractivity contribution in [3.05, 3.63) is 75.4 Å². The van der Waals surface area contributed by atoms with Crippen LogP contribution in [0.3, 0.4) is 0 Å². The molecular weight excluding hydrogens is 468 g/mol. The molecule has 0 radical (unpaired) electrons. The summed E-state index contributed by atoms with van der Waals surface area (Å²) in [6.07, 6.45) is 0. The number of amides is 2. The summed E-state index contributed by atoms with van der Waals surface area (Å²) < 4.78 is 16.3. The molecule has 0 fully saturated rings. The van der Waals surface area contributed by atoms with Crippen molar-refractivity contribution in [3.8, 4) is 5.75 Å². The number of halogens is 1. The van der Waals surface area contributed by atoms with Crippen LogP contribution in [0, 0.1) is 0 Å². The van der Waals surface area contributed by atoms with Crippen molar-refractivity contribution in [1.82, 2.24) is 10.6 Å². The van der Waals surface area contributed by atoms with E-state index < -0.39 is 24.0 Å². The molecule has 1 heterocycles. The molecule has 31 heavy (non-hydrogen) atoms. The van der Waals surface area contributed by atoms with Gasteiger partial charge < -0.3 is 24.8 Å². The Hall–Kier alpha value is -3.33. The summed E-state index contributed by atoms with van der Waals surface area (Å²) in [4.78, 5) is 36.7. The summed E-state index contributed by atoms with van der Waals surface area (Å²) in [5.41, 5.74) is 1.64. The Morgan fingerprint density at radius 1 is 1.10 bits per heavy atom. The average Bonchev–Trinajstić information content (AvgIpc) is 2.77. The molecule has 0 saturated carbocycles. The summed E-state index contributed by atoms with van der Waals surface area (Å²) in [6.45, 7) is 1.80. The lowest BCUT2D eigenvalue weighted by atomic mass is 9.95. The van der Waals surface area contributed by atoms with E-state index in [1.807, 2.05) is 30.3 Å². The second-order valence-corrected chi connectivity index (χ2v) is 7.33. The third-order valence-electron chi connectivity index (χ3n) is 4.51. The zero-order valence-electron chi connectivity index (χ0n) is 16.9. The number of rotatable bonds is 7. The van der Waals surface area contributed by atoms with E-state index in [2.05, 4.69) is 26.6 Å². The third-order valence-corrected chi connectivity index (χ3v) is 5.13. The van der Waals surface area contributed by atoms with Crippen molar-refractivity contribution in [2.75, 3.05) is 20.3 Å². The highest BCUT2D eigenvalue weighted by molar-refractivity contribution is 9.10. The van der Waals surface area contributed by atoms with Crippen molar-refractivity contribution < 1.29 is 28.6 Å². The minimum absolute atomic E-state index is 0.0962. The predicted octanol–water partition coefficient (Wildman–Crippen LogP) is 3.49.